The fourth-order valence-electron chi connectivity index (χ4n) is 3.30. The minimum Gasteiger partial charge on any atom is -0.384 e. The van der Waals surface area contributed by atoms with Crippen molar-refractivity contribution in [2.45, 2.75) is 39.7 Å². The summed E-state index contributed by atoms with van der Waals surface area (Å²) in [4.78, 5) is 25.9. The molecule has 208 valence electrons. The molecule has 1 aromatic carbocycles. The highest BCUT2D eigenvalue weighted by atomic mass is 16.5. The Morgan fingerprint density at radius 2 is 1.65 bits per heavy atom. The van der Waals surface area contributed by atoms with Gasteiger partial charge in [-0.25, -0.2) is 0 Å². The third kappa shape index (κ3) is 13.4. The molecule has 37 heavy (non-hydrogen) atoms. The third-order valence-electron chi connectivity index (χ3n) is 5.28. The van der Waals surface area contributed by atoms with E-state index in [0.29, 0.717) is 64.0 Å². The van der Waals surface area contributed by atoms with E-state index >= 15 is 0 Å². The first-order valence-electron chi connectivity index (χ1n) is 12.8. The third-order valence-corrected chi connectivity index (χ3v) is 5.28. The Kier molecular flexibility index (Phi) is 16.1. The number of nitrogens with one attached hydrogen (secondary N) is 4. The fraction of sp³-hybridized carbons (Fsp3) is 0.593. The summed E-state index contributed by atoms with van der Waals surface area (Å²) in [5.41, 5.74) is 5.75. The lowest BCUT2D eigenvalue weighted by Crippen LogP contribution is -2.55. The highest BCUT2D eigenvalue weighted by Gasteiger charge is 2.33. The molecule has 1 aromatic rings. The first kappa shape index (κ1) is 32.2. The van der Waals surface area contributed by atoms with Gasteiger partial charge in [-0.1, -0.05) is 45.0 Å². The van der Waals surface area contributed by atoms with Crippen LogP contribution in [-0.2, 0) is 23.8 Å². The van der Waals surface area contributed by atoms with E-state index in [0.717, 1.165) is 12.8 Å². The number of rotatable bonds is 20. The molecule has 0 fully saturated rings. The van der Waals surface area contributed by atoms with E-state index < -0.39 is 17.4 Å². The first-order chi connectivity index (χ1) is 17.7. The maximum absolute atomic E-state index is 13.0. The zero-order valence-electron chi connectivity index (χ0n) is 22.6. The summed E-state index contributed by atoms with van der Waals surface area (Å²) < 4.78 is 16.1. The van der Waals surface area contributed by atoms with Crippen LogP contribution in [0, 0.1) is 10.8 Å². The van der Waals surface area contributed by atoms with Gasteiger partial charge in [0, 0.05) is 30.9 Å². The van der Waals surface area contributed by atoms with Gasteiger partial charge < -0.3 is 35.9 Å². The Bertz CT molecular complexity index is 841. The maximum Gasteiger partial charge on any atom is 0.270 e. The van der Waals surface area contributed by atoms with E-state index in [4.69, 9.17) is 25.4 Å². The van der Waals surface area contributed by atoms with Crippen molar-refractivity contribution in [1.29, 1.82) is 5.41 Å². The molecule has 10 nitrogen and oxygen atoms in total. The molecule has 1 atom stereocenters. The summed E-state index contributed by atoms with van der Waals surface area (Å²) >= 11 is 0. The number of benzene rings is 1. The number of carbonyl (C=O) groups excluding carboxylic acids is 2. The number of nitrogens with two attached hydrogens (primary N) is 1. The number of hydrogen-bond acceptors (Lipinski definition) is 8. The summed E-state index contributed by atoms with van der Waals surface area (Å²) in [5.74, 6) is -0.944. The van der Waals surface area contributed by atoms with Gasteiger partial charge >= 0.3 is 0 Å². The second kappa shape index (κ2) is 18.5. The average Bonchev–Trinajstić information content (AvgIpc) is 2.87. The van der Waals surface area contributed by atoms with Gasteiger partial charge in [0.15, 0.2) is 0 Å². The van der Waals surface area contributed by atoms with Crippen LogP contribution in [0.25, 0.3) is 0 Å². The van der Waals surface area contributed by atoms with E-state index in [1.54, 1.807) is 12.1 Å². The average molecular weight is 520 g/mol. The number of unbranched alkanes of at least 4 members (excludes halogenated alkanes) is 1. The van der Waals surface area contributed by atoms with Crippen LogP contribution in [0.1, 0.15) is 39.2 Å². The molecule has 10 heteroatoms. The Labute approximate surface area is 221 Å². The van der Waals surface area contributed by atoms with Crippen LogP contribution in [0.2, 0.25) is 0 Å². The van der Waals surface area contributed by atoms with Gasteiger partial charge in [0.1, 0.15) is 11.8 Å². The monoisotopic (exact) mass is 519 g/mol. The minimum absolute atomic E-state index is 0.203. The van der Waals surface area contributed by atoms with Gasteiger partial charge in [0.05, 0.1) is 39.6 Å². The topological polar surface area (TPSA) is 148 Å². The number of ether oxygens (including phenoxy) is 3. The highest BCUT2D eigenvalue weighted by Crippen LogP contribution is 2.21. The molecule has 0 aliphatic carbocycles. The second-order valence-electron chi connectivity index (χ2n) is 9.47. The summed E-state index contributed by atoms with van der Waals surface area (Å²) in [7, 11) is 0. The van der Waals surface area contributed by atoms with Crippen LogP contribution >= 0.6 is 0 Å². The molecule has 1 rings (SSSR count). The van der Waals surface area contributed by atoms with Gasteiger partial charge in [0.2, 0.25) is 5.91 Å². The van der Waals surface area contributed by atoms with Gasteiger partial charge in [-0.15, -0.1) is 6.58 Å². The molecule has 0 aromatic heterocycles. The van der Waals surface area contributed by atoms with Gasteiger partial charge in [-0.2, -0.15) is 0 Å². The lowest BCUT2D eigenvalue weighted by Gasteiger charge is -2.30. The van der Waals surface area contributed by atoms with E-state index in [1.807, 2.05) is 39.0 Å². The molecular weight excluding hydrogens is 474 g/mol. The molecule has 0 radical (unpaired) electrons. The summed E-state index contributed by atoms with van der Waals surface area (Å²) in [6.45, 7) is 13.4. The van der Waals surface area contributed by atoms with Crippen LogP contribution < -0.4 is 21.7 Å². The number of amides is 2. The predicted octanol–water partition coefficient (Wildman–Crippen LogP) is 2.09. The van der Waals surface area contributed by atoms with Crippen molar-refractivity contribution < 1.29 is 23.8 Å². The summed E-state index contributed by atoms with van der Waals surface area (Å²) in [6, 6.07) is 6.35. The van der Waals surface area contributed by atoms with Gasteiger partial charge in [-0.05, 0) is 24.3 Å². The van der Waals surface area contributed by atoms with Crippen molar-refractivity contribution in [2.24, 2.45) is 11.1 Å². The molecule has 6 N–H and O–H groups in total. The molecule has 0 heterocycles. The van der Waals surface area contributed by atoms with Crippen LogP contribution in [0.3, 0.4) is 0 Å². The SMILES string of the molecule is C=CCCCNc1ccccc1C(=N)C(=O)NC(C(=O)NCCOCCOCCOCCN)C(C)(C)C. The second-order valence-corrected chi connectivity index (χ2v) is 9.47. The Hall–Kier alpha value is -2.79. The number of carbonyl (C=O) groups is 2. The fourth-order valence-corrected chi connectivity index (χ4v) is 3.30. The maximum atomic E-state index is 13.0. The van der Waals surface area contributed by atoms with Gasteiger partial charge in [0.25, 0.3) is 5.91 Å². The molecule has 0 aliphatic heterocycles. The molecule has 1 unspecified atom stereocenters. The van der Waals surface area contributed by atoms with E-state index in [2.05, 4.69) is 22.5 Å². The van der Waals surface area contributed by atoms with Crippen molar-refractivity contribution >= 4 is 23.2 Å². The van der Waals surface area contributed by atoms with Crippen LogP contribution in [0.15, 0.2) is 36.9 Å². The van der Waals surface area contributed by atoms with Crippen molar-refractivity contribution in [3.05, 3.63) is 42.5 Å². The van der Waals surface area contributed by atoms with Gasteiger partial charge in [-0.3, -0.25) is 15.0 Å². The van der Waals surface area contributed by atoms with Crippen molar-refractivity contribution in [1.82, 2.24) is 10.6 Å². The Morgan fingerprint density at radius 3 is 2.27 bits per heavy atom. The Morgan fingerprint density at radius 1 is 1.03 bits per heavy atom. The lowest BCUT2D eigenvalue weighted by atomic mass is 9.86. The lowest BCUT2D eigenvalue weighted by molar-refractivity contribution is -0.129. The van der Waals surface area contributed by atoms with E-state index in [-0.39, 0.29) is 18.2 Å². The number of hydrogen-bond donors (Lipinski definition) is 5. The Balaban J connectivity index is 2.54. The molecule has 0 saturated carbocycles. The van der Waals surface area contributed by atoms with Crippen molar-refractivity contribution in [3.63, 3.8) is 0 Å². The predicted molar refractivity (Wildman–Crippen MR) is 147 cm³/mol. The number of anilines is 1. The van der Waals surface area contributed by atoms with Crippen LogP contribution in [0.4, 0.5) is 5.69 Å². The molecule has 0 saturated heterocycles. The van der Waals surface area contributed by atoms with Crippen molar-refractivity contribution in [3.8, 4) is 0 Å². The highest BCUT2D eigenvalue weighted by molar-refractivity contribution is 6.45. The molecule has 0 bridgehead atoms. The molecule has 0 spiro atoms. The molecular formula is C27H45N5O5. The summed E-state index contributed by atoms with van der Waals surface area (Å²) in [5, 5.41) is 17.3. The van der Waals surface area contributed by atoms with E-state index in [1.165, 1.54) is 0 Å². The normalized spacial score (nSPS) is 12.0. The molecule has 2 amide bonds. The number of allylic oxidation sites excluding steroid dienone is 1. The zero-order chi connectivity index (χ0) is 27.5. The van der Waals surface area contributed by atoms with Crippen LogP contribution in [0.5, 0.6) is 0 Å². The first-order valence-corrected chi connectivity index (χ1v) is 12.8. The summed E-state index contributed by atoms with van der Waals surface area (Å²) in [6.07, 6.45) is 3.62. The number of para-hydroxylation sites is 1. The van der Waals surface area contributed by atoms with Crippen LogP contribution in [-0.4, -0.2) is 82.8 Å². The van der Waals surface area contributed by atoms with Crippen molar-refractivity contribution in [2.75, 3.05) is 64.6 Å². The standard InChI is InChI=1S/C27H45N5O5/c1-5-6-9-13-30-22-11-8-7-10-21(22)23(29)25(33)32-24(27(2,3)4)26(34)31-14-16-36-18-20-37-19-17-35-15-12-28/h5,7-8,10-11,24,29-30H,1,6,9,12-20,28H2,2-4H3,(H,31,34)(H,32,33). The largest absolute Gasteiger partial charge is 0.384 e. The zero-order valence-corrected chi connectivity index (χ0v) is 22.6. The quantitative estimate of drug-likeness (QED) is 0.101. The molecule has 0 aliphatic rings. The van der Waals surface area contributed by atoms with E-state index in [9.17, 15) is 9.59 Å². The smallest absolute Gasteiger partial charge is 0.270 e. The minimum atomic E-state index is -0.829.